The Morgan fingerprint density at radius 3 is 2.79 bits per heavy atom. The van der Waals surface area contributed by atoms with Crippen molar-refractivity contribution in [2.75, 3.05) is 5.32 Å². The lowest BCUT2D eigenvalue weighted by Crippen LogP contribution is -2.01. The number of anilines is 2. The summed E-state index contributed by atoms with van der Waals surface area (Å²) in [6.07, 6.45) is 7.68. The van der Waals surface area contributed by atoms with Crippen LogP contribution in [0.2, 0.25) is 0 Å². The summed E-state index contributed by atoms with van der Waals surface area (Å²) in [7, 11) is 0. The molecule has 1 fully saturated rings. The van der Waals surface area contributed by atoms with Crippen molar-refractivity contribution in [3.05, 3.63) is 54.4 Å². The molecule has 4 heterocycles. The van der Waals surface area contributed by atoms with E-state index >= 15 is 0 Å². The molecule has 0 bridgehead atoms. The molecule has 138 valence electrons. The minimum absolute atomic E-state index is 0. The fraction of sp³-hybridized carbons (Fsp3) is 0.150. The molecule has 1 aromatic carbocycles. The second kappa shape index (κ2) is 6.07. The highest BCUT2D eigenvalue weighted by Gasteiger charge is 2.29. The normalized spacial score (nSPS) is 14.0. The Balaban J connectivity index is 0.00000181. The summed E-state index contributed by atoms with van der Waals surface area (Å²) in [6.45, 7) is 0. The van der Waals surface area contributed by atoms with Crippen molar-refractivity contribution < 1.29 is 1.43 Å². The Kier molecular flexibility index (Phi) is 3.39. The predicted octanol–water partition coefficient (Wildman–Crippen LogP) is 4.82. The van der Waals surface area contributed by atoms with Gasteiger partial charge in [-0.15, -0.1) is 11.3 Å². The Morgan fingerprint density at radius 1 is 1.04 bits per heavy atom. The molecule has 0 atom stereocenters. The fourth-order valence-corrected chi connectivity index (χ4v) is 4.11. The Morgan fingerprint density at radius 2 is 1.93 bits per heavy atom. The SMILES string of the molecule is [HH].c1cc(-c2nc3cnc(Nc4ccc5ncsc5c4)nc3n2C2CC2)ccn1. The number of imidazole rings is 1. The van der Waals surface area contributed by atoms with Crippen LogP contribution in [-0.4, -0.2) is 29.5 Å². The van der Waals surface area contributed by atoms with E-state index in [0.29, 0.717) is 12.0 Å². The van der Waals surface area contributed by atoms with Crippen LogP contribution in [-0.2, 0) is 0 Å². The maximum atomic E-state index is 4.80. The zero-order chi connectivity index (χ0) is 18.5. The van der Waals surface area contributed by atoms with Crippen molar-refractivity contribution in [1.82, 2.24) is 29.5 Å². The average molecular weight is 387 g/mol. The van der Waals surface area contributed by atoms with Gasteiger partial charge in [-0.25, -0.2) is 15.0 Å². The van der Waals surface area contributed by atoms with Gasteiger partial charge in [0.25, 0.3) is 0 Å². The van der Waals surface area contributed by atoms with E-state index in [0.717, 1.165) is 51.3 Å². The third-order valence-electron chi connectivity index (χ3n) is 4.87. The molecule has 1 aliphatic rings. The first-order valence-corrected chi connectivity index (χ1v) is 9.99. The monoisotopic (exact) mass is 387 g/mol. The molecule has 28 heavy (non-hydrogen) atoms. The van der Waals surface area contributed by atoms with Crippen molar-refractivity contribution in [2.24, 2.45) is 0 Å². The van der Waals surface area contributed by atoms with Crippen molar-refractivity contribution >= 4 is 44.4 Å². The van der Waals surface area contributed by atoms with E-state index in [1.54, 1.807) is 29.9 Å². The summed E-state index contributed by atoms with van der Waals surface area (Å²) in [6, 6.07) is 10.5. The zero-order valence-corrected chi connectivity index (χ0v) is 15.6. The molecule has 8 heteroatoms. The van der Waals surface area contributed by atoms with Gasteiger partial charge in [0.15, 0.2) is 5.65 Å². The van der Waals surface area contributed by atoms with Crippen LogP contribution in [0.5, 0.6) is 0 Å². The summed E-state index contributed by atoms with van der Waals surface area (Å²) >= 11 is 1.62. The van der Waals surface area contributed by atoms with Crippen LogP contribution in [0.4, 0.5) is 11.6 Å². The molecule has 1 aliphatic carbocycles. The number of benzene rings is 1. The Hall–Kier alpha value is -3.39. The summed E-state index contributed by atoms with van der Waals surface area (Å²) < 4.78 is 3.37. The topological polar surface area (TPSA) is 81.4 Å². The Bertz CT molecular complexity index is 1310. The van der Waals surface area contributed by atoms with Crippen molar-refractivity contribution in [3.8, 4) is 11.4 Å². The lowest BCUT2D eigenvalue weighted by Gasteiger charge is -2.08. The van der Waals surface area contributed by atoms with E-state index in [1.165, 1.54) is 0 Å². The average Bonchev–Trinajstić information content (AvgIpc) is 3.33. The molecular formula is C20H17N7S. The summed E-state index contributed by atoms with van der Waals surface area (Å²) in [5, 5.41) is 3.32. The van der Waals surface area contributed by atoms with Gasteiger partial charge in [0.2, 0.25) is 5.95 Å². The van der Waals surface area contributed by atoms with Crippen molar-refractivity contribution in [1.29, 1.82) is 0 Å². The molecule has 4 aromatic heterocycles. The molecule has 0 amide bonds. The van der Waals surface area contributed by atoms with Crippen LogP contribution in [0.1, 0.15) is 20.3 Å². The highest BCUT2D eigenvalue weighted by molar-refractivity contribution is 7.16. The summed E-state index contributed by atoms with van der Waals surface area (Å²) in [5.74, 6) is 1.50. The minimum Gasteiger partial charge on any atom is -0.324 e. The van der Waals surface area contributed by atoms with Crippen LogP contribution >= 0.6 is 11.3 Å². The van der Waals surface area contributed by atoms with E-state index in [1.807, 2.05) is 29.8 Å². The Labute approximate surface area is 165 Å². The smallest absolute Gasteiger partial charge is 0.229 e. The molecule has 1 N–H and O–H groups in total. The predicted molar refractivity (Wildman–Crippen MR) is 112 cm³/mol. The summed E-state index contributed by atoms with van der Waals surface area (Å²) in [4.78, 5) is 22.5. The third-order valence-corrected chi connectivity index (χ3v) is 5.66. The van der Waals surface area contributed by atoms with Crippen molar-refractivity contribution in [2.45, 2.75) is 18.9 Å². The quantitative estimate of drug-likeness (QED) is 0.476. The minimum atomic E-state index is 0. The van der Waals surface area contributed by atoms with E-state index in [4.69, 9.17) is 9.97 Å². The van der Waals surface area contributed by atoms with Gasteiger partial charge in [0.1, 0.15) is 11.3 Å². The number of pyridine rings is 1. The van der Waals surface area contributed by atoms with Crippen LogP contribution in [0.3, 0.4) is 0 Å². The number of rotatable bonds is 4. The number of hydrogen-bond acceptors (Lipinski definition) is 7. The molecule has 0 saturated heterocycles. The molecule has 0 radical (unpaired) electrons. The van der Waals surface area contributed by atoms with Gasteiger partial charge in [0.05, 0.1) is 21.9 Å². The van der Waals surface area contributed by atoms with Gasteiger partial charge >= 0.3 is 0 Å². The first kappa shape index (κ1) is 15.6. The molecule has 7 nitrogen and oxygen atoms in total. The number of thiazole rings is 1. The van der Waals surface area contributed by atoms with Gasteiger partial charge in [-0.05, 0) is 43.2 Å². The van der Waals surface area contributed by atoms with Crippen molar-refractivity contribution in [3.63, 3.8) is 0 Å². The van der Waals surface area contributed by atoms with Gasteiger partial charge in [-0.3, -0.25) is 4.98 Å². The van der Waals surface area contributed by atoms with Gasteiger partial charge in [0, 0.05) is 31.1 Å². The second-order valence-electron chi connectivity index (χ2n) is 6.83. The van der Waals surface area contributed by atoms with Gasteiger partial charge in [-0.2, -0.15) is 4.98 Å². The summed E-state index contributed by atoms with van der Waals surface area (Å²) in [5.41, 5.74) is 6.52. The molecule has 0 unspecified atom stereocenters. The number of nitrogens with zero attached hydrogens (tertiary/aromatic N) is 6. The van der Waals surface area contributed by atoms with Crippen LogP contribution in [0.15, 0.2) is 54.4 Å². The highest BCUT2D eigenvalue weighted by atomic mass is 32.1. The van der Waals surface area contributed by atoms with Crippen LogP contribution < -0.4 is 5.32 Å². The maximum Gasteiger partial charge on any atom is 0.229 e. The number of aromatic nitrogens is 6. The van der Waals surface area contributed by atoms with E-state index in [9.17, 15) is 0 Å². The number of nitrogens with one attached hydrogen (secondary N) is 1. The second-order valence-corrected chi connectivity index (χ2v) is 7.72. The fourth-order valence-electron chi connectivity index (χ4n) is 3.40. The molecule has 1 saturated carbocycles. The zero-order valence-electron chi connectivity index (χ0n) is 14.8. The number of fused-ring (bicyclic) bond motifs is 2. The number of hydrogen-bond donors (Lipinski definition) is 1. The third kappa shape index (κ3) is 2.61. The van der Waals surface area contributed by atoms with Crippen LogP contribution in [0.25, 0.3) is 32.8 Å². The van der Waals surface area contributed by atoms with Gasteiger partial charge < -0.3 is 9.88 Å². The van der Waals surface area contributed by atoms with E-state index in [-0.39, 0.29) is 1.43 Å². The van der Waals surface area contributed by atoms with Gasteiger partial charge in [-0.1, -0.05) is 0 Å². The first-order chi connectivity index (χ1) is 13.8. The lowest BCUT2D eigenvalue weighted by atomic mass is 10.2. The first-order valence-electron chi connectivity index (χ1n) is 9.11. The molecule has 6 rings (SSSR count). The standard InChI is InChI=1S/C20H15N7S.H2/c1-4-15-17(28-11-23-15)9-13(1)24-20-22-10-16-19(26-20)27(14-2-3-14)18(25-16)12-5-7-21-8-6-12;/h1,4-11,14H,2-3H2,(H,22,24,26);1H. The highest BCUT2D eigenvalue weighted by Crippen LogP contribution is 2.40. The molecule has 0 aliphatic heterocycles. The maximum absolute atomic E-state index is 4.80. The largest absolute Gasteiger partial charge is 0.324 e. The molecule has 0 spiro atoms. The lowest BCUT2D eigenvalue weighted by molar-refractivity contribution is 0.766. The molecular weight excluding hydrogens is 370 g/mol. The van der Waals surface area contributed by atoms with Crippen LogP contribution in [0, 0.1) is 0 Å². The molecule has 5 aromatic rings. The van der Waals surface area contributed by atoms with E-state index < -0.39 is 0 Å². The van der Waals surface area contributed by atoms with E-state index in [2.05, 4.69) is 30.9 Å².